The molecule has 0 spiro atoms. The molecule has 0 atom stereocenters. The first kappa shape index (κ1) is 13.3. The summed E-state index contributed by atoms with van der Waals surface area (Å²) in [5.41, 5.74) is 2.00. The average molecular weight is 328 g/mol. The number of halogens is 1. The standard InChI is InChI=1S/C12H14BrN3OS/c1-3-14-12-11(15-16-18-12)7-17-9-4-5-10(13)8(2)6-9/h4-6,14H,3,7H2,1-2H3. The Morgan fingerprint density at radius 3 is 3.00 bits per heavy atom. The van der Waals surface area contributed by atoms with Crippen LogP contribution in [0, 0.1) is 6.92 Å². The fraction of sp³-hybridized carbons (Fsp3) is 0.333. The second-order valence-corrected chi connectivity index (χ2v) is 5.39. The fourth-order valence-electron chi connectivity index (χ4n) is 1.46. The van der Waals surface area contributed by atoms with E-state index in [2.05, 4.69) is 30.8 Å². The zero-order valence-electron chi connectivity index (χ0n) is 10.2. The molecule has 1 aromatic heterocycles. The third-order valence-electron chi connectivity index (χ3n) is 2.40. The van der Waals surface area contributed by atoms with Crippen LogP contribution in [0.2, 0.25) is 0 Å². The van der Waals surface area contributed by atoms with E-state index in [0.717, 1.165) is 33.0 Å². The highest BCUT2D eigenvalue weighted by atomic mass is 79.9. The van der Waals surface area contributed by atoms with Crippen LogP contribution in [-0.4, -0.2) is 16.1 Å². The highest BCUT2D eigenvalue weighted by molar-refractivity contribution is 9.10. The van der Waals surface area contributed by atoms with Crippen molar-refractivity contribution in [2.75, 3.05) is 11.9 Å². The Bertz CT molecular complexity index is 530. The van der Waals surface area contributed by atoms with Crippen molar-refractivity contribution in [3.63, 3.8) is 0 Å². The molecule has 0 amide bonds. The molecule has 0 bridgehead atoms. The summed E-state index contributed by atoms with van der Waals surface area (Å²) in [6.45, 7) is 5.36. The van der Waals surface area contributed by atoms with Crippen molar-refractivity contribution in [3.05, 3.63) is 33.9 Å². The summed E-state index contributed by atoms with van der Waals surface area (Å²) < 4.78 is 10.7. The molecule has 0 saturated heterocycles. The predicted octanol–water partition coefficient (Wildman–Crippen LogP) is 3.62. The number of rotatable bonds is 5. The normalized spacial score (nSPS) is 10.4. The molecule has 1 aromatic carbocycles. The van der Waals surface area contributed by atoms with Gasteiger partial charge in [0.05, 0.1) is 0 Å². The van der Waals surface area contributed by atoms with Gasteiger partial charge in [-0.2, -0.15) is 0 Å². The minimum Gasteiger partial charge on any atom is -0.487 e. The van der Waals surface area contributed by atoms with Crippen LogP contribution in [-0.2, 0) is 6.61 Å². The molecule has 0 aliphatic carbocycles. The zero-order valence-corrected chi connectivity index (χ0v) is 12.6. The Hall–Kier alpha value is -1.14. The first-order valence-corrected chi connectivity index (χ1v) is 7.21. The summed E-state index contributed by atoms with van der Waals surface area (Å²) in [5.74, 6) is 0.839. The number of hydrogen-bond acceptors (Lipinski definition) is 5. The van der Waals surface area contributed by atoms with Crippen LogP contribution >= 0.6 is 27.5 Å². The summed E-state index contributed by atoms with van der Waals surface area (Å²) in [7, 11) is 0. The maximum absolute atomic E-state index is 5.72. The monoisotopic (exact) mass is 327 g/mol. The van der Waals surface area contributed by atoms with Crippen LogP contribution in [0.15, 0.2) is 22.7 Å². The number of ether oxygens (including phenoxy) is 1. The van der Waals surface area contributed by atoms with E-state index in [-0.39, 0.29) is 0 Å². The minimum atomic E-state index is 0.430. The summed E-state index contributed by atoms with van der Waals surface area (Å²) in [6, 6.07) is 5.91. The van der Waals surface area contributed by atoms with Crippen LogP contribution in [0.4, 0.5) is 5.00 Å². The van der Waals surface area contributed by atoms with Gasteiger partial charge in [-0.25, -0.2) is 0 Å². The van der Waals surface area contributed by atoms with E-state index in [1.807, 2.05) is 32.0 Å². The number of hydrogen-bond donors (Lipinski definition) is 1. The maximum Gasteiger partial charge on any atom is 0.136 e. The largest absolute Gasteiger partial charge is 0.487 e. The molecular weight excluding hydrogens is 314 g/mol. The molecule has 0 unspecified atom stereocenters. The third kappa shape index (κ3) is 3.20. The Morgan fingerprint density at radius 1 is 1.44 bits per heavy atom. The molecule has 0 aliphatic rings. The van der Waals surface area contributed by atoms with Gasteiger partial charge in [0.2, 0.25) is 0 Å². The van der Waals surface area contributed by atoms with Gasteiger partial charge >= 0.3 is 0 Å². The lowest BCUT2D eigenvalue weighted by Crippen LogP contribution is -2.02. The lowest BCUT2D eigenvalue weighted by molar-refractivity contribution is 0.301. The quantitative estimate of drug-likeness (QED) is 0.911. The van der Waals surface area contributed by atoms with Crippen LogP contribution < -0.4 is 10.1 Å². The third-order valence-corrected chi connectivity index (χ3v) is 4.01. The van der Waals surface area contributed by atoms with Crippen LogP contribution in [0.3, 0.4) is 0 Å². The number of nitrogens with one attached hydrogen (secondary N) is 1. The van der Waals surface area contributed by atoms with Crippen LogP contribution in [0.25, 0.3) is 0 Å². The van der Waals surface area contributed by atoms with Crippen molar-refractivity contribution in [2.24, 2.45) is 0 Å². The Morgan fingerprint density at radius 2 is 2.28 bits per heavy atom. The first-order chi connectivity index (χ1) is 8.70. The van der Waals surface area contributed by atoms with Gasteiger partial charge in [0, 0.05) is 22.5 Å². The second-order valence-electron chi connectivity index (χ2n) is 3.78. The fourth-order valence-corrected chi connectivity index (χ4v) is 2.34. The number of nitrogens with zero attached hydrogens (tertiary/aromatic N) is 2. The topological polar surface area (TPSA) is 47.0 Å². The number of aromatic nitrogens is 2. The molecule has 0 fully saturated rings. The second kappa shape index (κ2) is 6.15. The SMILES string of the molecule is CCNc1snnc1COc1ccc(Br)c(C)c1. The van der Waals surface area contributed by atoms with Crippen molar-refractivity contribution in [2.45, 2.75) is 20.5 Å². The molecule has 2 aromatic rings. The molecule has 96 valence electrons. The van der Waals surface area contributed by atoms with E-state index in [9.17, 15) is 0 Å². The average Bonchev–Trinajstić information content (AvgIpc) is 2.79. The number of anilines is 1. The van der Waals surface area contributed by atoms with E-state index < -0.39 is 0 Å². The Balaban J connectivity index is 2.02. The number of benzene rings is 1. The van der Waals surface area contributed by atoms with E-state index >= 15 is 0 Å². The maximum atomic E-state index is 5.72. The zero-order chi connectivity index (χ0) is 13.0. The molecule has 6 heteroatoms. The predicted molar refractivity (Wildman–Crippen MR) is 77.3 cm³/mol. The summed E-state index contributed by atoms with van der Waals surface area (Å²) in [4.78, 5) is 0. The molecule has 1 heterocycles. The molecule has 2 rings (SSSR count). The summed E-state index contributed by atoms with van der Waals surface area (Å²) >= 11 is 4.82. The molecule has 4 nitrogen and oxygen atoms in total. The molecule has 0 saturated carbocycles. The van der Waals surface area contributed by atoms with E-state index in [0.29, 0.717) is 6.61 Å². The molecule has 1 N–H and O–H groups in total. The van der Waals surface area contributed by atoms with Crippen LogP contribution in [0.5, 0.6) is 5.75 Å². The Kier molecular flexibility index (Phi) is 4.54. The molecule has 0 radical (unpaired) electrons. The van der Waals surface area contributed by atoms with Gasteiger partial charge < -0.3 is 10.1 Å². The highest BCUT2D eigenvalue weighted by Crippen LogP contribution is 2.24. The first-order valence-electron chi connectivity index (χ1n) is 5.64. The lowest BCUT2D eigenvalue weighted by atomic mass is 10.2. The van der Waals surface area contributed by atoms with Gasteiger partial charge in [-0.15, -0.1) is 5.10 Å². The molecule has 18 heavy (non-hydrogen) atoms. The highest BCUT2D eigenvalue weighted by Gasteiger charge is 2.08. The lowest BCUT2D eigenvalue weighted by Gasteiger charge is -2.07. The van der Waals surface area contributed by atoms with Gasteiger partial charge in [0.15, 0.2) is 0 Å². The van der Waals surface area contributed by atoms with Gasteiger partial charge in [-0.1, -0.05) is 20.4 Å². The molecule has 0 aliphatic heterocycles. The van der Waals surface area contributed by atoms with E-state index in [1.165, 1.54) is 11.5 Å². The van der Waals surface area contributed by atoms with Crippen molar-refractivity contribution < 1.29 is 4.74 Å². The Labute approximate surface area is 119 Å². The van der Waals surface area contributed by atoms with Gasteiger partial charge in [0.25, 0.3) is 0 Å². The van der Waals surface area contributed by atoms with E-state index in [1.54, 1.807) is 0 Å². The van der Waals surface area contributed by atoms with Gasteiger partial charge in [-0.3, -0.25) is 0 Å². The smallest absolute Gasteiger partial charge is 0.136 e. The van der Waals surface area contributed by atoms with Gasteiger partial charge in [-0.05, 0) is 37.6 Å². The molecular formula is C12H14BrN3OS. The summed E-state index contributed by atoms with van der Waals surface area (Å²) in [6.07, 6.45) is 0. The van der Waals surface area contributed by atoms with Crippen molar-refractivity contribution in [1.82, 2.24) is 9.59 Å². The minimum absolute atomic E-state index is 0.430. The van der Waals surface area contributed by atoms with Crippen LogP contribution in [0.1, 0.15) is 18.2 Å². The summed E-state index contributed by atoms with van der Waals surface area (Å²) in [5, 5.41) is 8.26. The van der Waals surface area contributed by atoms with E-state index in [4.69, 9.17) is 4.74 Å². The van der Waals surface area contributed by atoms with Crippen molar-refractivity contribution in [3.8, 4) is 5.75 Å². The van der Waals surface area contributed by atoms with Gasteiger partial charge in [0.1, 0.15) is 23.1 Å². The van der Waals surface area contributed by atoms with Crippen molar-refractivity contribution >= 4 is 32.5 Å². The van der Waals surface area contributed by atoms with Crippen molar-refractivity contribution in [1.29, 1.82) is 0 Å². The number of aryl methyl sites for hydroxylation is 1.